The number of halogens is 1. The summed E-state index contributed by atoms with van der Waals surface area (Å²) in [6.07, 6.45) is 2.36. The number of aryl methyl sites for hydroxylation is 2. The van der Waals surface area contributed by atoms with Gasteiger partial charge in [0.2, 0.25) is 0 Å². The predicted octanol–water partition coefficient (Wildman–Crippen LogP) is 5.15. The van der Waals surface area contributed by atoms with Crippen LogP contribution in [-0.2, 0) is 0 Å². The van der Waals surface area contributed by atoms with Gasteiger partial charge in [0, 0.05) is 22.7 Å². The van der Waals surface area contributed by atoms with Crippen LogP contribution < -0.4 is 5.32 Å². The number of benzene rings is 1. The van der Waals surface area contributed by atoms with E-state index in [0.717, 1.165) is 16.5 Å². The third kappa shape index (κ3) is 3.17. The van der Waals surface area contributed by atoms with E-state index in [0.29, 0.717) is 18.0 Å². The predicted molar refractivity (Wildman–Crippen MR) is 86.9 cm³/mol. The van der Waals surface area contributed by atoms with Crippen LogP contribution >= 0.6 is 11.6 Å². The highest BCUT2D eigenvalue weighted by Crippen LogP contribution is 2.38. The minimum atomic E-state index is 0.341. The van der Waals surface area contributed by atoms with Crippen LogP contribution in [-0.4, -0.2) is 6.04 Å². The zero-order chi connectivity index (χ0) is 15.0. The molecule has 112 valence electrons. The molecule has 1 N–H and O–H groups in total. The lowest BCUT2D eigenvalue weighted by atomic mass is 9.75. The molecule has 21 heavy (non-hydrogen) atoms. The molecule has 1 fully saturated rings. The first-order valence-electron chi connectivity index (χ1n) is 7.61. The molecule has 0 aliphatic heterocycles. The van der Waals surface area contributed by atoms with Gasteiger partial charge in [-0.05, 0) is 63.3 Å². The Hall–Kier alpha value is -1.25. The molecule has 1 aromatic heterocycles. The van der Waals surface area contributed by atoms with E-state index in [9.17, 15) is 0 Å². The van der Waals surface area contributed by atoms with E-state index in [1.165, 1.54) is 24.0 Å². The highest BCUT2D eigenvalue weighted by atomic mass is 35.5. The van der Waals surface area contributed by atoms with Gasteiger partial charge in [0.25, 0.3) is 0 Å². The number of hydrogen-bond donors (Lipinski definition) is 1. The van der Waals surface area contributed by atoms with Gasteiger partial charge in [0.15, 0.2) is 0 Å². The summed E-state index contributed by atoms with van der Waals surface area (Å²) in [5.41, 5.74) is 2.64. The summed E-state index contributed by atoms with van der Waals surface area (Å²) >= 11 is 6.06. The van der Waals surface area contributed by atoms with Gasteiger partial charge in [-0.2, -0.15) is 0 Å². The topological polar surface area (TPSA) is 25.2 Å². The standard InChI is InChI=1S/C18H22ClNO/c1-11-7-18(13(3)21-11)12(2)20-17-9-15(10-17)14-5-4-6-16(19)8-14/h4-8,12,15,17,20H,9-10H2,1-3H3. The third-order valence-electron chi connectivity index (χ3n) is 4.49. The Bertz CT molecular complexity index is 628. The molecular formula is C18H22ClNO. The van der Waals surface area contributed by atoms with Crippen molar-refractivity contribution in [2.45, 2.75) is 51.6 Å². The van der Waals surface area contributed by atoms with E-state index in [1.54, 1.807) is 0 Å². The lowest BCUT2D eigenvalue weighted by Crippen LogP contribution is -2.41. The van der Waals surface area contributed by atoms with Crippen LogP contribution in [0.5, 0.6) is 0 Å². The van der Waals surface area contributed by atoms with Crippen molar-refractivity contribution in [1.82, 2.24) is 5.32 Å². The quantitative estimate of drug-likeness (QED) is 0.845. The minimum absolute atomic E-state index is 0.341. The van der Waals surface area contributed by atoms with Crippen LogP contribution in [0.1, 0.15) is 54.4 Å². The highest BCUT2D eigenvalue weighted by molar-refractivity contribution is 6.30. The summed E-state index contributed by atoms with van der Waals surface area (Å²) in [5.74, 6) is 2.65. The second-order valence-electron chi connectivity index (χ2n) is 6.18. The monoisotopic (exact) mass is 303 g/mol. The second-order valence-corrected chi connectivity index (χ2v) is 6.61. The molecule has 1 aliphatic carbocycles. The number of furan rings is 1. The molecule has 0 amide bonds. The van der Waals surface area contributed by atoms with Crippen molar-refractivity contribution >= 4 is 11.6 Å². The summed E-state index contributed by atoms with van der Waals surface area (Å²) < 4.78 is 5.62. The summed E-state index contributed by atoms with van der Waals surface area (Å²) in [6, 6.07) is 11.3. The number of hydrogen-bond acceptors (Lipinski definition) is 2. The lowest BCUT2D eigenvalue weighted by molar-refractivity contribution is 0.270. The Morgan fingerprint density at radius 1 is 1.24 bits per heavy atom. The molecule has 1 aromatic carbocycles. The first-order chi connectivity index (χ1) is 10.0. The van der Waals surface area contributed by atoms with Crippen LogP contribution in [0.15, 0.2) is 34.7 Å². The Balaban J connectivity index is 1.56. The van der Waals surface area contributed by atoms with Crippen molar-refractivity contribution in [2.24, 2.45) is 0 Å². The van der Waals surface area contributed by atoms with E-state index in [2.05, 4.69) is 30.4 Å². The molecule has 0 radical (unpaired) electrons. The number of rotatable bonds is 4. The van der Waals surface area contributed by atoms with Crippen LogP contribution in [0.3, 0.4) is 0 Å². The third-order valence-corrected chi connectivity index (χ3v) is 4.72. The summed E-state index contributed by atoms with van der Waals surface area (Å²) in [6.45, 7) is 6.25. The van der Waals surface area contributed by atoms with Gasteiger partial charge in [-0.1, -0.05) is 23.7 Å². The molecular weight excluding hydrogens is 282 g/mol. The largest absolute Gasteiger partial charge is 0.466 e. The zero-order valence-corrected chi connectivity index (χ0v) is 13.6. The zero-order valence-electron chi connectivity index (χ0n) is 12.8. The van der Waals surface area contributed by atoms with Gasteiger partial charge in [-0.15, -0.1) is 0 Å². The van der Waals surface area contributed by atoms with Crippen molar-refractivity contribution in [1.29, 1.82) is 0 Å². The maximum atomic E-state index is 6.06. The van der Waals surface area contributed by atoms with Gasteiger partial charge in [0.05, 0.1) is 0 Å². The Kier molecular flexibility index (Phi) is 4.10. The first-order valence-corrected chi connectivity index (χ1v) is 7.99. The summed E-state index contributed by atoms with van der Waals surface area (Å²) in [5, 5.41) is 4.54. The van der Waals surface area contributed by atoms with Crippen LogP contribution in [0.2, 0.25) is 5.02 Å². The van der Waals surface area contributed by atoms with Gasteiger partial charge in [-0.25, -0.2) is 0 Å². The highest BCUT2D eigenvalue weighted by Gasteiger charge is 2.31. The van der Waals surface area contributed by atoms with E-state index in [4.69, 9.17) is 16.0 Å². The Morgan fingerprint density at radius 3 is 2.62 bits per heavy atom. The minimum Gasteiger partial charge on any atom is -0.466 e. The van der Waals surface area contributed by atoms with E-state index in [1.807, 2.05) is 26.0 Å². The molecule has 3 heteroatoms. The molecule has 0 spiro atoms. The molecule has 2 aromatic rings. The fraction of sp³-hybridized carbons (Fsp3) is 0.444. The average molecular weight is 304 g/mol. The first kappa shape index (κ1) is 14.7. The smallest absolute Gasteiger partial charge is 0.105 e. The van der Waals surface area contributed by atoms with Gasteiger partial charge in [-0.3, -0.25) is 0 Å². The van der Waals surface area contributed by atoms with E-state index >= 15 is 0 Å². The van der Waals surface area contributed by atoms with Crippen molar-refractivity contribution in [3.05, 3.63) is 58.0 Å². The molecule has 0 saturated heterocycles. The second kappa shape index (κ2) is 5.86. The van der Waals surface area contributed by atoms with E-state index < -0.39 is 0 Å². The SMILES string of the molecule is Cc1cc(C(C)NC2CC(c3cccc(Cl)c3)C2)c(C)o1. The van der Waals surface area contributed by atoms with Gasteiger partial charge in [0.1, 0.15) is 11.5 Å². The van der Waals surface area contributed by atoms with Crippen LogP contribution in [0.4, 0.5) is 0 Å². The van der Waals surface area contributed by atoms with Crippen LogP contribution in [0, 0.1) is 13.8 Å². The fourth-order valence-electron chi connectivity index (χ4n) is 3.31. The lowest BCUT2D eigenvalue weighted by Gasteiger charge is -2.38. The van der Waals surface area contributed by atoms with Crippen molar-refractivity contribution in [2.75, 3.05) is 0 Å². The van der Waals surface area contributed by atoms with E-state index in [-0.39, 0.29) is 0 Å². The summed E-state index contributed by atoms with van der Waals surface area (Å²) in [7, 11) is 0. The molecule has 1 unspecified atom stereocenters. The molecule has 1 aliphatic rings. The summed E-state index contributed by atoms with van der Waals surface area (Å²) in [4.78, 5) is 0. The van der Waals surface area contributed by atoms with Crippen molar-refractivity contribution in [3.63, 3.8) is 0 Å². The molecule has 1 saturated carbocycles. The molecule has 1 heterocycles. The Labute approximate surface area is 131 Å². The normalized spacial score (nSPS) is 22.9. The fourth-order valence-corrected chi connectivity index (χ4v) is 3.51. The van der Waals surface area contributed by atoms with Crippen molar-refractivity contribution in [3.8, 4) is 0 Å². The average Bonchev–Trinajstić information content (AvgIpc) is 2.72. The molecule has 1 atom stereocenters. The van der Waals surface area contributed by atoms with Crippen molar-refractivity contribution < 1.29 is 4.42 Å². The van der Waals surface area contributed by atoms with Gasteiger partial charge >= 0.3 is 0 Å². The maximum absolute atomic E-state index is 6.06. The maximum Gasteiger partial charge on any atom is 0.105 e. The Morgan fingerprint density at radius 2 is 2.00 bits per heavy atom. The molecule has 0 bridgehead atoms. The van der Waals surface area contributed by atoms with Crippen LogP contribution in [0.25, 0.3) is 0 Å². The number of nitrogens with one attached hydrogen (secondary N) is 1. The molecule has 3 rings (SSSR count). The molecule has 2 nitrogen and oxygen atoms in total. The van der Waals surface area contributed by atoms with Gasteiger partial charge < -0.3 is 9.73 Å².